The second-order valence-corrected chi connectivity index (χ2v) is 4.84. The first-order valence-corrected chi connectivity index (χ1v) is 7.06. The molecule has 2 aromatic rings. The Hall–Kier alpha value is -2.86. The van der Waals surface area contributed by atoms with Crippen molar-refractivity contribution < 1.29 is 14.7 Å². The molecule has 6 heteroatoms. The third kappa shape index (κ3) is 6.62. The van der Waals surface area contributed by atoms with Gasteiger partial charge in [-0.05, 0) is 38.1 Å². The summed E-state index contributed by atoms with van der Waals surface area (Å²) < 4.78 is 0. The molecule has 0 unspecified atom stereocenters. The minimum absolute atomic E-state index is 0.0147. The second-order valence-electron chi connectivity index (χ2n) is 4.84. The van der Waals surface area contributed by atoms with Gasteiger partial charge in [-0.25, -0.2) is 4.79 Å². The van der Waals surface area contributed by atoms with Gasteiger partial charge >= 0.3 is 5.97 Å². The first-order valence-electron chi connectivity index (χ1n) is 7.06. The summed E-state index contributed by atoms with van der Waals surface area (Å²) in [5.74, 6) is -1.000. The van der Waals surface area contributed by atoms with Gasteiger partial charge in [0.2, 0.25) is 5.96 Å². The normalized spacial score (nSPS) is 9.70. The molecule has 0 aliphatic heterocycles. The van der Waals surface area contributed by atoms with Crippen molar-refractivity contribution >= 4 is 17.6 Å². The maximum absolute atomic E-state index is 10.2. The van der Waals surface area contributed by atoms with E-state index in [1.165, 1.54) is 5.06 Å². The summed E-state index contributed by atoms with van der Waals surface area (Å²) in [6.45, 7) is 3.78. The van der Waals surface area contributed by atoms with E-state index in [2.05, 4.69) is 0 Å². The van der Waals surface area contributed by atoms with Crippen LogP contribution in [0.3, 0.4) is 0 Å². The lowest BCUT2D eigenvalue weighted by Gasteiger charge is -2.23. The summed E-state index contributed by atoms with van der Waals surface area (Å²) in [7, 11) is 0. The van der Waals surface area contributed by atoms with E-state index in [9.17, 15) is 4.79 Å². The fourth-order valence-electron chi connectivity index (χ4n) is 1.61. The highest BCUT2D eigenvalue weighted by atomic mass is 16.7. The van der Waals surface area contributed by atoms with Crippen LogP contribution < -0.4 is 10.8 Å². The zero-order valence-electron chi connectivity index (χ0n) is 13.1. The molecule has 0 saturated heterocycles. The van der Waals surface area contributed by atoms with Crippen LogP contribution in [0.1, 0.15) is 24.2 Å². The van der Waals surface area contributed by atoms with E-state index < -0.39 is 5.97 Å². The van der Waals surface area contributed by atoms with Crippen molar-refractivity contribution in [1.82, 2.24) is 0 Å². The van der Waals surface area contributed by atoms with Crippen LogP contribution in [-0.2, 0) is 4.84 Å². The summed E-state index contributed by atoms with van der Waals surface area (Å²) in [6, 6.07) is 17.6. The molecule has 0 radical (unpaired) electrons. The highest BCUT2D eigenvalue weighted by Crippen LogP contribution is 2.14. The first kappa shape index (κ1) is 18.2. The average Bonchev–Trinajstić information content (AvgIpc) is 2.54. The number of carboxylic acids is 1. The molecule has 0 amide bonds. The molecule has 0 atom stereocenters. The Morgan fingerprint density at radius 1 is 1.09 bits per heavy atom. The molecular formula is C17H21N3O3. The number of nitrogens with one attached hydrogen (secondary N) is 1. The number of benzene rings is 2. The minimum atomic E-state index is -0.879. The largest absolute Gasteiger partial charge is 0.478 e. The number of hydroxylamine groups is 1. The lowest BCUT2D eigenvalue weighted by molar-refractivity contribution is 0.0697. The van der Waals surface area contributed by atoms with Gasteiger partial charge in [0.1, 0.15) is 0 Å². The fraction of sp³-hybridized carbons (Fsp3) is 0.176. The molecule has 122 valence electrons. The number of guanidine groups is 1. The number of nitrogens with two attached hydrogens (primary N) is 1. The van der Waals surface area contributed by atoms with Crippen LogP contribution >= 0.6 is 0 Å². The average molecular weight is 315 g/mol. The molecular weight excluding hydrogens is 294 g/mol. The zero-order chi connectivity index (χ0) is 17.2. The third-order valence-electron chi connectivity index (χ3n) is 2.55. The van der Waals surface area contributed by atoms with E-state index in [1.54, 1.807) is 30.3 Å². The topological polar surface area (TPSA) is 99.6 Å². The van der Waals surface area contributed by atoms with Crippen molar-refractivity contribution in [1.29, 1.82) is 5.41 Å². The predicted molar refractivity (Wildman–Crippen MR) is 90.5 cm³/mol. The lowest BCUT2D eigenvalue weighted by atomic mass is 10.2. The standard InChI is InChI=1S/C10H15N3O.C7H6O2/c1-8(2)14-13(10(11)12)9-6-4-3-5-7-9;8-7(9)6-4-2-1-3-5-6/h3-8H,1-2H3,(H3,11,12);1-5H,(H,8,9). The summed E-state index contributed by atoms with van der Waals surface area (Å²) >= 11 is 0. The molecule has 4 N–H and O–H groups in total. The predicted octanol–water partition coefficient (Wildman–Crippen LogP) is 3.11. The quantitative estimate of drug-likeness (QED) is 0.457. The Morgan fingerprint density at radius 2 is 1.57 bits per heavy atom. The molecule has 2 rings (SSSR count). The van der Waals surface area contributed by atoms with Crippen molar-refractivity contribution in [2.75, 3.05) is 5.06 Å². The van der Waals surface area contributed by atoms with Gasteiger partial charge in [-0.2, -0.15) is 5.06 Å². The number of carboxylic acid groups (broad SMARTS) is 1. The number of hydrogen-bond donors (Lipinski definition) is 3. The monoisotopic (exact) mass is 315 g/mol. The Bertz CT molecular complexity index is 615. The van der Waals surface area contributed by atoms with Crippen LogP contribution in [0.4, 0.5) is 5.69 Å². The van der Waals surface area contributed by atoms with Gasteiger partial charge in [0.05, 0.1) is 17.4 Å². The summed E-state index contributed by atoms with van der Waals surface area (Å²) in [6.07, 6.45) is -0.0147. The molecule has 0 spiro atoms. The van der Waals surface area contributed by atoms with Gasteiger partial charge in [0, 0.05) is 0 Å². The number of carbonyl (C=O) groups is 1. The van der Waals surface area contributed by atoms with Gasteiger partial charge in [-0.1, -0.05) is 36.4 Å². The van der Waals surface area contributed by atoms with Gasteiger partial charge in [-0.3, -0.25) is 10.2 Å². The van der Waals surface area contributed by atoms with E-state index >= 15 is 0 Å². The molecule has 6 nitrogen and oxygen atoms in total. The highest BCUT2D eigenvalue weighted by Gasteiger charge is 2.11. The second kappa shape index (κ2) is 9.22. The summed E-state index contributed by atoms with van der Waals surface area (Å²) in [5, 5.41) is 17.1. The molecule has 0 aromatic heterocycles. The van der Waals surface area contributed by atoms with Crippen LogP contribution in [0.2, 0.25) is 0 Å². The Morgan fingerprint density at radius 3 is 1.91 bits per heavy atom. The van der Waals surface area contributed by atoms with Crippen molar-refractivity contribution in [2.24, 2.45) is 5.73 Å². The van der Waals surface area contributed by atoms with E-state index in [4.69, 9.17) is 21.1 Å². The lowest BCUT2D eigenvalue weighted by Crippen LogP contribution is -2.38. The van der Waals surface area contributed by atoms with Gasteiger partial charge < -0.3 is 10.8 Å². The maximum Gasteiger partial charge on any atom is 0.335 e. The van der Waals surface area contributed by atoms with E-state index in [1.807, 2.05) is 44.2 Å². The van der Waals surface area contributed by atoms with Crippen LogP contribution in [0, 0.1) is 5.41 Å². The molecule has 0 fully saturated rings. The fourth-order valence-corrected chi connectivity index (χ4v) is 1.61. The molecule has 0 bridgehead atoms. The summed E-state index contributed by atoms with van der Waals surface area (Å²) in [4.78, 5) is 15.6. The Balaban J connectivity index is 0.000000253. The first-order chi connectivity index (χ1) is 10.9. The molecule has 23 heavy (non-hydrogen) atoms. The highest BCUT2D eigenvalue weighted by molar-refractivity contribution is 5.90. The Kier molecular flexibility index (Phi) is 7.29. The number of hydrogen-bond acceptors (Lipinski definition) is 3. The number of nitrogens with zero attached hydrogens (tertiary/aromatic N) is 1. The maximum atomic E-state index is 10.2. The number of aromatic carboxylic acids is 1. The van der Waals surface area contributed by atoms with E-state index in [-0.39, 0.29) is 12.1 Å². The third-order valence-corrected chi connectivity index (χ3v) is 2.55. The molecule has 2 aromatic carbocycles. The van der Waals surface area contributed by atoms with Gasteiger partial charge in [-0.15, -0.1) is 0 Å². The minimum Gasteiger partial charge on any atom is -0.478 e. The van der Waals surface area contributed by atoms with Crippen LogP contribution in [0.15, 0.2) is 60.7 Å². The number of rotatable bonds is 4. The zero-order valence-corrected chi connectivity index (χ0v) is 13.1. The molecule has 0 aliphatic carbocycles. The van der Waals surface area contributed by atoms with Crippen molar-refractivity contribution in [2.45, 2.75) is 20.0 Å². The van der Waals surface area contributed by atoms with Crippen molar-refractivity contribution in [3.05, 3.63) is 66.2 Å². The number of para-hydroxylation sites is 1. The summed E-state index contributed by atoms with van der Waals surface area (Å²) in [5.41, 5.74) is 6.49. The Labute approximate surface area is 135 Å². The smallest absolute Gasteiger partial charge is 0.335 e. The van der Waals surface area contributed by atoms with Crippen LogP contribution in [0.25, 0.3) is 0 Å². The van der Waals surface area contributed by atoms with E-state index in [0.717, 1.165) is 5.69 Å². The van der Waals surface area contributed by atoms with Gasteiger partial charge in [0.25, 0.3) is 0 Å². The molecule has 0 saturated carbocycles. The van der Waals surface area contributed by atoms with Crippen molar-refractivity contribution in [3.8, 4) is 0 Å². The number of anilines is 1. The van der Waals surface area contributed by atoms with Crippen LogP contribution in [-0.4, -0.2) is 23.1 Å². The SMILES string of the molecule is CC(C)ON(C(=N)N)c1ccccc1.O=C(O)c1ccccc1. The van der Waals surface area contributed by atoms with Crippen LogP contribution in [0.5, 0.6) is 0 Å². The molecule has 0 heterocycles. The van der Waals surface area contributed by atoms with Crippen molar-refractivity contribution in [3.63, 3.8) is 0 Å². The van der Waals surface area contributed by atoms with E-state index in [0.29, 0.717) is 5.56 Å². The molecule has 0 aliphatic rings. The van der Waals surface area contributed by atoms with Gasteiger partial charge in [0.15, 0.2) is 0 Å².